The first-order valence-electron chi connectivity index (χ1n) is 13.6. The highest BCUT2D eigenvalue weighted by molar-refractivity contribution is 7.84. The zero-order valence-electron chi connectivity index (χ0n) is 24.0. The SMILES string of the molecule is C[C@@H]1[C@H](NC(=O)Cc2cccs2)C(=O)N1/C(C(=O)O)=C(\CS)CNS(=O)(=O)OC[C@H]1O[C@@H](n2cnc3c(N)ncnc32)[C@H](O)[C@@H]1O. The number of aliphatic hydroxyl groups is 2. The number of rotatable bonds is 13. The van der Waals surface area contributed by atoms with Gasteiger partial charge in [-0.1, -0.05) is 6.07 Å². The molecule has 2 amide bonds. The average molecular weight is 699 g/mol. The number of thiophene rings is 1. The first-order chi connectivity index (χ1) is 21.8. The number of carboxylic acid groups (broad SMARTS) is 1. The van der Waals surface area contributed by atoms with Gasteiger partial charge in [-0.3, -0.25) is 23.2 Å². The Balaban J connectivity index is 1.20. The molecule has 6 atom stereocenters. The number of aromatic nitrogens is 4. The summed E-state index contributed by atoms with van der Waals surface area (Å²) in [4.78, 5) is 51.3. The third kappa shape index (κ3) is 6.71. The summed E-state index contributed by atoms with van der Waals surface area (Å²) in [7, 11) is -4.58. The highest BCUT2D eigenvalue weighted by atomic mass is 32.2. The summed E-state index contributed by atoms with van der Waals surface area (Å²) in [6.07, 6.45) is -3.10. The summed E-state index contributed by atoms with van der Waals surface area (Å²) in [6.45, 7) is 0.224. The van der Waals surface area contributed by atoms with Gasteiger partial charge >= 0.3 is 16.3 Å². The lowest BCUT2D eigenvalue weighted by Gasteiger charge is -2.46. The third-order valence-corrected chi connectivity index (χ3v) is 9.64. The Morgan fingerprint density at radius 3 is 2.65 bits per heavy atom. The second kappa shape index (κ2) is 13.6. The molecule has 46 heavy (non-hydrogen) atoms. The smallest absolute Gasteiger partial charge is 0.352 e. The largest absolute Gasteiger partial charge is 0.477 e. The minimum atomic E-state index is -4.58. The van der Waals surface area contributed by atoms with Crippen LogP contribution in [-0.4, -0.2) is 115 Å². The zero-order chi connectivity index (χ0) is 33.3. The molecule has 2 saturated heterocycles. The molecule has 0 radical (unpaired) electrons. The van der Waals surface area contributed by atoms with E-state index >= 15 is 0 Å². The van der Waals surface area contributed by atoms with Crippen LogP contribution in [0.15, 0.2) is 41.4 Å². The molecule has 0 spiro atoms. The van der Waals surface area contributed by atoms with E-state index in [1.54, 1.807) is 19.1 Å². The Labute approximate surface area is 270 Å². The topological polar surface area (TPSA) is 261 Å². The van der Waals surface area contributed by atoms with Gasteiger partial charge in [0.05, 0.1) is 25.4 Å². The quantitative estimate of drug-likeness (QED) is 0.0589. The molecule has 5 heterocycles. The summed E-state index contributed by atoms with van der Waals surface area (Å²) >= 11 is 5.51. The number of carbonyl (C=O) groups is 3. The number of likely N-dealkylation sites (tertiary alicyclic amines) is 1. The highest BCUT2D eigenvalue weighted by Crippen LogP contribution is 2.32. The summed E-state index contributed by atoms with van der Waals surface area (Å²) in [5, 5.41) is 35.5. The molecule has 2 aliphatic rings. The van der Waals surface area contributed by atoms with Crippen molar-refractivity contribution >= 4 is 69.0 Å². The van der Waals surface area contributed by atoms with Gasteiger partial charge in [0, 0.05) is 17.2 Å². The minimum absolute atomic E-state index is 0.0620. The van der Waals surface area contributed by atoms with Crippen molar-refractivity contribution < 1.29 is 47.0 Å². The van der Waals surface area contributed by atoms with Gasteiger partial charge in [-0.2, -0.15) is 25.8 Å². The number of hydrogen-bond donors (Lipinski definition) is 7. The fourth-order valence-electron chi connectivity index (χ4n) is 5.08. The molecule has 18 nitrogen and oxygen atoms in total. The second-order valence-corrected chi connectivity index (χ2v) is 13.1. The van der Waals surface area contributed by atoms with Crippen LogP contribution in [0.4, 0.5) is 5.82 Å². The number of fused-ring (bicyclic) bond motifs is 1. The number of aliphatic hydroxyl groups excluding tert-OH is 2. The number of nitrogen functional groups attached to an aromatic ring is 1. The van der Waals surface area contributed by atoms with Crippen molar-refractivity contribution in [3.05, 3.63) is 46.3 Å². The maximum Gasteiger partial charge on any atom is 0.352 e. The van der Waals surface area contributed by atoms with Crippen molar-refractivity contribution in [1.82, 2.24) is 34.5 Å². The van der Waals surface area contributed by atoms with Gasteiger partial charge in [0.2, 0.25) is 5.91 Å². The number of nitrogens with two attached hydrogens (primary N) is 1. The maximum atomic E-state index is 12.9. The van der Waals surface area contributed by atoms with Crippen LogP contribution >= 0.6 is 24.0 Å². The van der Waals surface area contributed by atoms with Crippen molar-refractivity contribution in [1.29, 1.82) is 0 Å². The van der Waals surface area contributed by atoms with Gasteiger partial charge in [0.1, 0.15) is 41.9 Å². The Kier molecular flexibility index (Phi) is 9.93. The molecular weight excluding hydrogens is 669 g/mol. The zero-order valence-corrected chi connectivity index (χ0v) is 26.5. The third-order valence-electron chi connectivity index (χ3n) is 7.44. The molecule has 248 valence electrons. The van der Waals surface area contributed by atoms with Crippen LogP contribution in [0.3, 0.4) is 0 Å². The Morgan fingerprint density at radius 2 is 2.00 bits per heavy atom. The lowest BCUT2D eigenvalue weighted by atomic mass is 9.94. The Morgan fingerprint density at radius 1 is 1.24 bits per heavy atom. The fourth-order valence-corrected chi connectivity index (χ4v) is 6.79. The van der Waals surface area contributed by atoms with Gasteiger partial charge in [-0.25, -0.2) is 19.7 Å². The monoisotopic (exact) mass is 698 g/mol. The second-order valence-electron chi connectivity index (χ2n) is 10.4. The van der Waals surface area contributed by atoms with Gasteiger partial charge in [-0.05, 0) is 23.9 Å². The summed E-state index contributed by atoms with van der Waals surface area (Å²) in [5.74, 6) is -2.75. The average Bonchev–Trinajstić information content (AvgIpc) is 3.75. The molecule has 0 bridgehead atoms. The van der Waals surface area contributed by atoms with Gasteiger partial charge in [0.15, 0.2) is 17.7 Å². The fraction of sp³-hybridized carbons (Fsp3) is 0.440. The number of imidazole rings is 1. The lowest BCUT2D eigenvalue weighted by molar-refractivity contribution is -0.153. The number of β-lactam (4-membered cyclic amide) rings is 1. The maximum absolute atomic E-state index is 12.9. The van der Waals surface area contributed by atoms with Crippen LogP contribution in [0.1, 0.15) is 18.0 Å². The van der Waals surface area contributed by atoms with E-state index in [2.05, 4.69) is 37.6 Å². The van der Waals surface area contributed by atoms with E-state index in [-0.39, 0.29) is 34.7 Å². The first-order valence-corrected chi connectivity index (χ1v) is 16.5. The molecular formula is C25H30N8O10S3. The number of nitrogens with zero attached hydrogens (tertiary/aromatic N) is 5. The van der Waals surface area contributed by atoms with Crippen molar-refractivity contribution in [2.45, 2.75) is 50.0 Å². The summed E-state index contributed by atoms with van der Waals surface area (Å²) in [6, 6.07) is 1.85. The molecule has 2 aliphatic heterocycles. The van der Waals surface area contributed by atoms with Crippen LogP contribution in [0.2, 0.25) is 0 Å². The van der Waals surface area contributed by atoms with Crippen LogP contribution in [0.25, 0.3) is 11.2 Å². The van der Waals surface area contributed by atoms with Crippen LogP contribution in [0, 0.1) is 0 Å². The van der Waals surface area contributed by atoms with E-state index in [9.17, 15) is 38.1 Å². The number of ether oxygens (including phenoxy) is 1. The number of nitrogens with one attached hydrogen (secondary N) is 2. The van der Waals surface area contributed by atoms with E-state index in [0.29, 0.717) is 0 Å². The molecule has 0 aromatic carbocycles. The molecule has 0 saturated carbocycles. The highest BCUT2D eigenvalue weighted by Gasteiger charge is 2.49. The van der Waals surface area contributed by atoms with Crippen molar-refractivity contribution in [2.75, 3.05) is 24.6 Å². The molecule has 3 aromatic heterocycles. The lowest BCUT2D eigenvalue weighted by Crippen LogP contribution is -2.70. The molecule has 2 fully saturated rings. The van der Waals surface area contributed by atoms with Crippen LogP contribution < -0.4 is 15.8 Å². The number of carboxylic acids is 1. The van der Waals surface area contributed by atoms with Gasteiger partial charge in [-0.15, -0.1) is 11.3 Å². The molecule has 3 aromatic rings. The molecule has 7 N–H and O–H groups in total. The van der Waals surface area contributed by atoms with Crippen molar-refractivity contribution in [3.63, 3.8) is 0 Å². The van der Waals surface area contributed by atoms with E-state index in [1.165, 1.54) is 28.6 Å². The predicted molar refractivity (Wildman–Crippen MR) is 163 cm³/mol. The predicted octanol–water partition coefficient (Wildman–Crippen LogP) is -1.83. The van der Waals surface area contributed by atoms with E-state index in [1.807, 2.05) is 5.38 Å². The van der Waals surface area contributed by atoms with Gasteiger partial charge in [0.25, 0.3) is 5.91 Å². The molecule has 21 heteroatoms. The van der Waals surface area contributed by atoms with Crippen LogP contribution in [-0.2, 0) is 40.0 Å². The van der Waals surface area contributed by atoms with E-state index in [0.717, 1.165) is 9.78 Å². The standard InChI is InChI=1S/C25H30N8O10S3/c1-11-16(31-15(34)5-13-3-2-4-45-13)23(37)33(11)18(25(38)39)12(8-44)6-30-46(40,41)42-7-14-19(35)20(36)24(43-14)32-10-29-17-21(26)27-9-28-22(17)32/h2-4,9-11,14,16,19-20,24,30,35-36,44H,5-8H2,1H3,(H,31,34)(H,38,39)(H2,26,27,28)/b18-12-/t11-,14-,16+,19-,20-,24-/m1/s1. The number of hydrogen-bond acceptors (Lipinski definition) is 15. The number of anilines is 1. The van der Waals surface area contributed by atoms with E-state index < -0.39 is 83.6 Å². The summed E-state index contributed by atoms with van der Waals surface area (Å²) < 4.78 is 39.4. The summed E-state index contributed by atoms with van der Waals surface area (Å²) in [5.41, 5.74) is 5.68. The van der Waals surface area contributed by atoms with E-state index in [4.69, 9.17) is 14.7 Å². The van der Waals surface area contributed by atoms with Crippen LogP contribution in [0.5, 0.6) is 0 Å². The first kappa shape index (κ1) is 33.7. The Hall–Kier alpha value is -3.70. The molecule has 0 aliphatic carbocycles. The number of thiol groups is 1. The Bertz CT molecular complexity index is 1770. The number of amides is 2. The minimum Gasteiger partial charge on any atom is -0.477 e. The van der Waals surface area contributed by atoms with Crippen molar-refractivity contribution in [3.8, 4) is 0 Å². The number of carbonyl (C=O) groups excluding carboxylic acids is 2. The van der Waals surface area contributed by atoms with Gasteiger partial charge < -0.3 is 31.1 Å². The normalized spacial score (nSPS) is 25.4. The molecule has 5 rings (SSSR count). The van der Waals surface area contributed by atoms with Crippen molar-refractivity contribution in [2.24, 2.45) is 0 Å². The molecule has 0 unspecified atom stereocenters. The number of aliphatic carboxylic acids is 1.